The van der Waals surface area contributed by atoms with Gasteiger partial charge in [0.2, 0.25) is 0 Å². The summed E-state index contributed by atoms with van der Waals surface area (Å²) in [6, 6.07) is 0. The molecule has 168 valence electrons. The van der Waals surface area contributed by atoms with Crippen LogP contribution in [0.15, 0.2) is 0 Å². The van der Waals surface area contributed by atoms with E-state index in [2.05, 4.69) is 4.74 Å². The Morgan fingerprint density at radius 3 is 1.54 bits per heavy atom. The van der Waals surface area contributed by atoms with Crippen molar-refractivity contribution in [2.45, 2.75) is 49.1 Å². The summed E-state index contributed by atoms with van der Waals surface area (Å²) >= 11 is 0.315. The van der Waals surface area contributed by atoms with E-state index in [0.717, 1.165) is 6.92 Å². The minimum atomic E-state index is -7.88. The van der Waals surface area contributed by atoms with Crippen molar-refractivity contribution in [2.24, 2.45) is 0 Å². The molecule has 0 amide bonds. The quantitative estimate of drug-likeness (QED) is 0.245. The average Bonchev–Trinajstić information content (AvgIpc) is 2.48. The standard InChI is InChI=1S/C12H11F13O2S/c1-6(26)27-3-5-28-4-2-7(13,14)8(15,16)9(17,18)10(19,20)11(21,22)12(23,24)25/h2-5H2,1H3. The van der Waals surface area contributed by atoms with Gasteiger partial charge in [0, 0.05) is 19.1 Å². The van der Waals surface area contributed by atoms with Crippen LogP contribution in [0, 0.1) is 0 Å². The van der Waals surface area contributed by atoms with Gasteiger partial charge < -0.3 is 4.74 Å². The molecule has 16 heteroatoms. The van der Waals surface area contributed by atoms with Crippen LogP contribution in [0.3, 0.4) is 0 Å². The van der Waals surface area contributed by atoms with Crippen LogP contribution < -0.4 is 0 Å². The molecule has 0 unspecified atom stereocenters. The molecule has 28 heavy (non-hydrogen) atoms. The zero-order valence-electron chi connectivity index (χ0n) is 13.5. The molecule has 0 aliphatic heterocycles. The van der Waals surface area contributed by atoms with E-state index in [-0.39, 0.29) is 5.75 Å². The fraction of sp³-hybridized carbons (Fsp3) is 0.917. The van der Waals surface area contributed by atoms with Crippen molar-refractivity contribution in [3.63, 3.8) is 0 Å². The first-order valence-electron chi connectivity index (χ1n) is 6.83. The maximum atomic E-state index is 13.4. The van der Waals surface area contributed by atoms with Gasteiger partial charge in [0.15, 0.2) is 0 Å². The van der Waals surface area contributed by atoms with Crippen molar-refractivity contribution in [3.05, 3.63) is 0 Å². The minimum absolute atomic E-state index is 0.306. The van der Waals surface area contributed by atoms with E-state index < -0.39 is 60.5 Å². The van der Waals surface area contributed by atoms with Crippen molar-refractivity contribution in [3.8, 4) is 0 Å². The normalized spacial score (nSPS) is 14.9. The molecule has 0 aliphatic rings. The number of hydrogen-bond donors (Lipinski definition) is 0. The van der Waals surface area contributed by atoms with Crippen molar-refractivity contribution >= 4 is 17.7 Å². The van der Waals surface area contributed by atoms with Gasteiger partial charge in [0.05, 0.1) is 0 Å². The predicted molar refractivity (Wildman–Crippen MR) is 69.4 cm³/mol. The number of alkyl halides is 13. The van der Waals surface area contributed by atoms with E-state index in [1.165, 1.54) is 0 Å². The van der Waals surface area contributed by atoms with E-state index in [4.69, 9.17) is 0 Å². The number of hydrogen-bond acceptors (Lipinski definition) is 3. The number of esters is 1. The van der Waals surface area contributed by atoms with Gasteiger partial charge in [-0.1, -0.05) is 0 Å². The van der Waals surface area contributed by atoms with Gasteiger partial charge in [0.1, 0.15) is 6.61 Å². The second-order valence-corrected chi connectivity index (χ2v) is 6.43. The number of carbonyl (C=O) groups is 1. The summed E-state index contributed by atoms with van der Waals surface area (Å²) in [6.07, 6.45) is -9.69. The maximum absolute atomic E-state index is 13.4. The van der Waals surface area contributed by atoms with E-state index in [0.29, 0.717) is 11.8 Å². The summed E-state index contributed by atoms with van der Waals surface area (Å²) in [5, 5.41) is 0. The van der Waals surface area contributed by atoms with Crippen molar-refractivity contribution in [2.75, 3.05) is 18.1 Å². The van der Waals surface area contributed by atoms with E-state index in [1.54, 1.807) is 0 Å². The third kappa shape index (κ3) is 4.90. The fourth-order valence-electron chi connectivity index (χ4n) is 1.51. The summed E-state index contributed by atoms with van der Waals surface area (Å²) in [4.78, 5) is 10.4. The first kappa shape index (κ1) is 26.9. The number of ether oxygens (including phenoxy) is 1. The van der Waals surface area contributed by atoms with Gasteiger partial charge in [-0.3, -0.25) is 4.79 Å². The lowest BCUT2D eigenvalue weighted by molar-refractivity contribution is -0.439. The van der Waals surface area contributed by atoms with E-state index in [1.807, 2.05) is 0 Å². The highest BCUT2D eigenvalue weighted by molar-refractivity contribution is 7.99. The van der Waals surface area contributed by atoms with E-state index >= 15 is 0 Å². The summed E-state index contributed by atoms with van der Waals surface area (Å²) in [5.41, 5.74) is 0. The van der Waals surface area contributed by atoms with E-state index in [9.17, 15) is 61.9 Å². The van der Waals surface area contributed by atoms with Crippen molar-refractivity contribution < 1.29 is 66.6 Å². The van der Waals surface area contributed by atoms with Gasteiger partial charge in [-0.05, 0) is 5.75 Å². The lowest BCUT2D eigenvalue weighted by Crippen LogP contribution is -2.70. The van der Waals surface area contributed by atoms with Crippen LogP contribution in [-0.4, -0.2) is 59.9 Å². The summed E-state index contributed by atoms with van der Waals surface area (Å²) in [7, 11) is 0. The molecule has 0 aromatic carbocycles. The van der Waals surface area contributed by atoms with Crippen molar-refractivity contribution in [1.82, 2.24) is 0 Å². The second-order valence-electron chi connectivity index (χ2n) is 5.20. The zero-order chi connectivity index (χ0) is 22.8. The van der Waals surface area contributed by atoms with Crippen LogP contribution in [-0.2, 0) is 9.53 Å². The molecule has 0 aromatic heterocycles. The molecule has 0 spiro atoms. The lowest BCUT2D eigenvalue weighted by Gasteiger charge is -2.39. The van der Waals surface area contributed by atoms with Crippen LogP contribution in [0.1, 0.15) is 13.3 Å². The van der Waals surface area contributed by atoms with Crippen LogP contribution in [0.5, 0.6) is 0 Å². The molecule has 0 atom stereocenters. The topological polar surface area (TPSA) is 26.3 Å². The fourth-order valence-corrected chi connectivity index (χ4v) is 2.31. The highest BCUT2D eigenvalue weighted by Gasteiger charge is 2.90. The van der Waals surface area contributed by atoms with Gasteiger partial charge in [-0.15, -0.1) is 0 Å². The Morgan fingerprint density at radius 2 is 1.14 bits per heavy atom. The highest BCUT2D eigenvalue weighted by Crippen LogP contribution is 2.60. The maximum Gasteiger partial charge on any atom is 0.460 e. The van der Waals surface area contributed by atoms with Gasteiger partial charge in [0.25, 0.3) is 0 Å². The monoisotopic (exact) mass is 466 g/mol. The SMILES string of the molecule is CC(=O)OCCSCCC(F)(F)C(F)(F)C(F)(F)C(F)(F)C(F)(F)C(F)(F)F. The number of rotatable bonds is 10. The Bertz CT molecular complexity index is 544. The molecule has 0 aromatic rings. The predicted octanol–water partition coefficient (Wildman–Crippen LogP) is 5.41. The van der Waals surface area contributed by atoms with Gasteiger partial charge >= 0.3 is 41.8 Å². The van der Waals surface area contributed by atoms with Crippen LogP contribution in [0.4, 0.5) is 57.1 Å². The molecule has 0 aliphatic carbocycles. The second kappa shape index (κ2) is 8.34. The largest absolute Gasteiger partial charge is 0.465 e. The Balaban J connectivity index is 5.43. The Kier molecular flexibility index (Phi) is 8.01. The summed E-state index contributed by atoms with van der Waals surface area (Å²) in [6.45, 7) is 0.548. The molecular formula is C12H11F13O2S. The number of carbonyl (C=O) groups excluding carboxylic acids is 1. The van der Waals surface area contributed by atoms with Crippen LogP contribution in [0.2, 0.25) is 0 Å². The Labute approximate surface area is 152 Å². The molecular weight excluding hydrogens is 455 g/mol. The molecule has 2 nitrogen and oxygen atoms in total. The molecule has 0 rings (SSSR count). The molecule has 0 N–H and O–H groups in total. The molecule has 0 saturated heterocycles. The lowest BCUT2D eigenvalue weighted by atomic mass is 9.93. The third-order valence-corrected chi connectivity index (χ3v) is 4.04. The number of halogens is 13. The molecule has 0 heterocycles. The average molecular weight is 466 g/mol. The molecule has 0 saturated carbocycles. The molecule has 0 radical (unpaired) electrons. The van der Waals surface area contributed by atoms with Crippen molar-refractivity contribution in [1.29, 1.82) is 0 Å². The third-order valence-electron chi connectivity index (χ3n) is 3.09. The Hall–Kier alpha value is -1.09. The van der Waals surface area contributed by atoms with Gasteiger partial charge in [-0.25, -0.2) is 0 Å². The highest BCUT2D eigenvalue weighted by atomic mass is 32.2. The molecule has 0 fully saturated rings. The molecule has 0 bridgehead atoms. The van der Waals surface area contributed by atoms with Crippen LogP contribution >= 0.6 is 11.8 Å². The first-order chi connectivity index (χ1) is 12.2. The smallest absolute Gasteiger partial charge is 0.460 e. The summed E-state index contributed by atoms with van der Waals surface area (Å²) in [5.74, 6) is -38.9. The zero-order valence-corrected chi connectivity index (χ0v) is 14.3. The first-order valence-corrected chi connectivity index (χ1v) is 7.99. The summed E-state index contributed by atoms with van der Waals surface area (Å²) < 4.78 is 171. The Morgan fingerprint density at radius 1 is 0.714 bits per heavy atom. The van der Waals surface area contributed by atoms with Crippen LogP contribution in [0.25, 0.3) is 0 Å². The number of thioether (sulfide) groups is 1. The van der Waals surface area contributed by atoms with Gasteiger partial charge in [-0.2, -0.15) is 68.8 Å². The minimum Gasteiger partial charge on any atom is -0.465 e.